The first kappa shape index (κ1) is 20.3. The molecule has 1 saturated carbocycles. The molecule has 3 rings (SSSR count). The van der Waals surface area contributed by atoms with Gasteiger partial charge in [-0.1, -0.05) is 13.8 Å². The zero-order valence-corrected chi connectivity index (χ0v) is 15.8. The Morgan fingerprint density at radius 2 is 2.00 bits per heavy atom. The summed E-state index contributed by atoms with van der Waals surface area (Å²) in [6, 6.07) is 2.96. The maximum absolute atomic E-state index is 13.0. The topological polar surface area (TPSA) is 73.2 Å². The van der Waals surface area contributed by atoms with Gasteiger partial charge < -0.3 is 10.1 Å². The standard InChI is InChI=1S/C19H22F3N3O3/c1-10(2)17-15-6-11(19(20,21)22)4-5-14(15)18(27)25(24-17)9-16(26)23-12-7-13(8-12)28-3/h4-6,10,12-13H,7-9H2,1-3H3,(H,23,26)/t12-,13-. The molecule has 152 valence electrons. The average Bonchev–Trinajstić information content (AvgIpc) is 2.58. The van der Waals surface area contributed by atoms with Crippen LogP contribution in [-0.4, -0.2) is 34.9 Å². The lowest BCUT2D eigenvalue weighted by molar-refractivity contribution is -0.137. The summed E-state index contributed by atoms with van der Waals surface area (Å²) in [5.74, 6) is -0.592. The van der Waals surface area contributed by atoms with Gasteiger partial charge in [-0.25, -0.2) is 4.68 Å². The van der Waals surface area contributed by atoms with E-state index in [1.807, 2.05) is 0 Å². The molecule has 1 N–H and O–H groups in total. The van der Waals surface area contributed by atoms with Gasteiger partial charge in [-0.3, -0.25) is 9.59 Å². The third kappa shape index (κ3) is 4.04. The summed E-state index contributed by atoms with van der Waals surface area (Å²) in [4.78, 5) is 25.0. The fourth-order valence-electron chi connectivity index (χ4n) is 3.31. The van der Waals surface area contributed by atoms with Gasteiger partial charge in [-0.2, -0.15) is 18.3 Å². The number of benzene rings is 1. The van der Waals surface area contributed by atoms with Crippen LogP contribution in [0.25, 0.3) is 10.8 Å². The van der Waals surface area contributed by atoms with E-state index in [9.17, 15) is 22.8 Å². The number of amides is 1. The van der Waals surface area contributed by atoms with E-state index in [1.54, 1.807) is 21.0 Å². The number of methoxy groups -OCH3 is 1. The number of fused-ring (bicyclic) bond motifs is 1. The van der Waals surface area contributed by atoms with Crippen molar-refractivity contribution in [1.82, 2.24) is 15.1 Å². The number of hydrogen-bond donors (Lipinski definition) is 1. The summed E-state index contributed by atoms with van der Waals surface area (Å²) >= 11 is 0. The minimum Gasteiger partial charge on any atom is -0.381 e. The van der Waals surface area contributed by atoms with E-state index in [0.29, 0.717) is 18.5 Å². The molecule has 6 nitrogen and oxygen atoms in total. The molecule has 1 aliphatic carbocycles. The highest BCUT2D eigenvalue weighted by atomic mass is 19.4. The molecule has 0 bridgehead atoms. The van der Waals surface area contributed by atoms with E-state index >= 15 is 0 Å². The first-order valence-electron chi connectivity index (χ1n) is 9.04. The first-order chi connectivity index (χ1) is 13.1. The van der Waals surface area contributed by atoms with Crippen molar-refractivity contribution in [2.45, 2.75) is 57.5 Å². The van der Waals surface area contributed by atoms with E-state index in [0.717, 1.165) is 22.9 Å². The van der Waals surface area contributed by atoms with Gasteiger partial charge in [0.15, 0.2) is 0 Å². The van der Waals surface area contributed by atoms with Gasteiger partial charge in [0.2, 0.25) is 5.91 Å². The Bertz CT molecular complexity index is 947. The van der Waals surface area contributed by atoms with E-state index in [4.69, 9.17) is 4.74 Å². The lowest BCUT2D eigenvalue weighted by Crippen LogP contribution is -2.49. The van der Waals surface area contributed by atoms with Gasteiger partial charge in [-0.15, -0.1) is 0 Å². The largest absolute Gasteiger partial charge is 0.416 e. The van der Waals surface area contributed by atoms with Gasteiger partial charge in [0.1, 0.15) is 6.54 Å². The summed E-state index contributed by atoms with van der Waals surface area (Å²) < 4.78 is 45.3. The Kier molecular flexibility index (Phi) is 5.47. The molecule has 9 heteroatoms. The van der Waals surface area contributed by atoms with Crippen LogP contribution in [0.2, 0.25) is 0 Å². The molecule has 0 aliphatic heterocycles. The van der Waals surface area contributed by atoms with Crippen LogP contribution in [0.3, 0.4) is 0 Å². The van der Waals surface area contributed by atoms with Crippen molar-refractivity contribution in [3.63, 3.8) is 0 Å². The van der Waals surface area contributed by atoms with Crippen LogP contribution in [0, 0.1) is 0 Å². The molecule has 1 amide bonds. The van der Waals surface area contributed by atoms with Crippen LogP contribution < -0.4 is 10.9 Å². The number of carbonyl (C=O) groups is 1. The number of rotatable bonds is 5. The minimum atomic E-state index is -4.51. The molecule has 1 aromatic heterocycles. The fraction of sp³-hybridized carbons (Fsp3) is 0.526. The summed E-state index contributed by atoms with van der Waals surface area (Å²) in [6.45, 7) is 3.26. The lowest BCUT2D eigenvalue weighted by Gasteiger charge is -2.34. The van der Waals surface area contributed by atoms with Gasteiger partial charge in [0.25, 0.3) is 5.56 Å². The third-order valence-electron chi connectivity index (χ3n) is 4.95. The van der Waals surface area contributed by atoms with E-state index in [2.05, 4.69) is 10.4 Å². The Labute approximate surface area is 159 Å². The number of halogens is 3. The second-order valence-electron chi connectivity index (χ2n) is 7.35. The molecule has 0 saturated heterocycles. The summed E-state index contributed by atoms with van der Waals surface area (Å²) in [7, 11) is 1.61. The summed E-state index contributed by atoms with van der Waals surface area (Å²) in [6.07, 6.45) is -2.97. The molecule has 0 spiro atoms. The molecule has 1 fully saturated rings. The van der Waals surface area contributed by atoms with Crippen LogP contribution in [0.5, 0.6) is 0 Å². The van der Waals surface area contributed by atoms with E-state index in [1.165, 1.54) is 0 Å². The van der Waals surface area contributed by atoms with Gasteiger partial charge in [0, 0.05) is 18.5 Å². The number of aromatic nitrogens is 2. The smallest absolute Gasteiger partial charge is 0.381 e. The monoisotopic (exact) mass is 397 g/mol. The lowest BCUT2D eigenvalue weighted by atomic mass is 9.89. The highest BCUT2D eigenvalue weighted by Crippen LogP contribution is 2.32. The normalized spacial score (nSPS) is 19.7. The maximum Gasteiger partial charge on any atom is 0.416 e. The third-order valence-corrected chi connectivity index (χ3v) is 4.95. The van der Waals surface area contributed by atoms with Crippen molar-refractivity contribution >= 4 is 16.7 Å². The zero-order chi connectivity index (χ0) is 20.6. The van der Waals surface area contributed by atoms with Crippen molar-refractivity contribution in [2.75, 3.05) is 7.11 Å². The molecule has 0 atom stereocenters. The number of ether oxygens (including phenoxy) is 1. The summed E-state index contributed by atoms with van der Waals surface area (Å²) in [5, 5.41) is 7.29. The van der Waals surface area contributed by atoms with Crippen LogP contribution in [-0.2, 0) is 22.3 Å². The zero-order valence-electron chi connectivity index (χ0n) is 15.8. The molecule has 1 aromatic carbocycles. The van der Waals surface area contributed by atoms with Crippen LogP contribution >= 0.6 is 0 Å². The number of nitrogens with one attached hydrogen (secondary N) is 1. The Morgan fingerprint density at radius 1 is 1.32 bits per heavy atom. The number of hydrogen-bond acceptors (Lipinski definition) is 4. The van der Waals surface area contributed by atoms with Crippen molar-refractivity contribution in [3.8, 4) is 0 Å². The molecule has 28 heavy (non-hydrogen) atoms. The average molecular weight is 397 g/mol. The Morgan fingerprint density at radius 3 is 2.57 bits per heavy atom. The molecule has 1 aliphatic rings. The van der Waals surface area contributed by atoms with Gasteiger partial charge >= 0.3 is 6.18 Å². The van der Waals surface area contributed by atoms with Crippen molar-refractivity contribution in [3.05, 3.63) is 39.8 Å². The minimum absolute atomic E-state index is 0.00692. The fourth-order valence-corrected chi connectivity index (χ4v) is 3.31. The second kappa shape index (κ2) is 7.54. The number of carbonyl (C=O) groups excluding carboxylic acids is 1. The molecule has 2 aromatic rings. The second-order valence-corrected chi connectivity index (χ2v) is 7.35. The molecular weight excluding hydrogens is 375 g/mol. The quantitative estimate of drug-likeness (QED) is 0.842. The van der Waals surface area contributed by atoms with Crippen LogP contribution in [0.4, 0.5) is 13.2 Å². The number of nitrogens with zero attached hydrogens (tertiary/aromatic N) is 2. The highest BCUT2D eigenvalue weighted by Gasteiger charge is 2.32. The van der Waals surface area contributed by atoms with Crippen LogP contribution in [0.1, 0.15) is 43.9 Å². The predicted octanol–water partition coefficient (Wildman–Crippen LogP) is 2.83. The van der Waals surface area contributed by atoms with Crippen molar-refractivity contribution < 1.29 is 22.7 Å². The molecular formula is C19H22F3N3O3. The van der Waals surface area contributed by atoms with E-state index in [-0.39, 0.29) is 41.3 Å². The molecule has 0 radical (unpaired) electrons. The molecule has 0 unspecified atom stereocenters. The Hall–Kier alpha value is -2.42. The van der Waals surface area contributed by atoms with E-state index < -0.39 is 17.3 Å². The first-order valence-corrected chi connectivity index (χ1v) is 9.04. The highest BCUT2D eigenvalue weighted by molar-refractivity contribution is 5.85. The number of alkyl halides is 3. The van der Waals surface area contributed by atoms with Gasteiger partial charge in [-0.05, 0) is 37.0 Å². The van der Waals surface area contributed by atoms with Crippen LogP contribution in [0.15, 0.2) is 23.0 Å². The van der Waals surface area contributed by atoms with Crippen molar-refractivity contribution in [1.29, 1.82) is 0 Å². The maximum atomic E-state index is 13.0. The summed E-state index contributed by atoms with van der Waals surface area (Å²) in [5.41, 5.74) is -1.08. The van der Waals surface area contributed by atoms with Gasteiger partial charge in [0.05, 0.1) is 22.7 Å². The SMILES string of the molecule is CO[C@H]1C[C@H](NC(=O)Cn2nc(C(C)C)c3cc(C(F)(F)F)ccc3c2=O)C1. The predicted molar refractivity (Wildman–Crippen MR) is 97.1 cm³/mol. The molecule has 1 heterocycles. The van der Waals surface area contributed by atoms with Crippen molar-refractivity contribution in [2.24, 2.45) is 0 Å². The Balaban J connectivity index is 1.92.